The van der Waals surface area contributed by atoms with Gasteiger partial charge in [0.05, 0.1) is 6.54 Å². The Bertz CT molecular complexity index is 533. The Morgan fingerprint density at radius 2 is 2.15 bits per heavy atom. The van der Waals surface area contributed by atoms with Crippen LogP contribution < -0.4 is 11.1 Å². The van der Waals surface area contributed by atoms with Crippen molar-refractivity contribution in [3.63, 3.8) is 0 Å². The van der Waals surface area contributed by atoms with Crippen LogP contribution in [0.4, 0.5) is 9.18 Å². The van der Waals surface area contributed by atoms with Gasteiger partial charge in [-0.25, -0.2) is 9.18 Å². The Morgan fingerprint density at radius 3 is 2.80 bits per heavy atom. The molecule has 0 aliphatic carbocycles. The molecule has 1 aromatic rings. The number of imide groups is 1. The van der Waals surface area contributed by atoms with Gasteiger partial charge in [0.1, 0.15) is 11.9 Å². The Hall–Kier alpha value is -1.95. The fourth-order valence-electron chi connectivity index (χ4n) is 2.26. The summed E-state index contributed by atoms with van der Waals surface area (Å²) >= 11 is 0. The van der Waals surface area contributed by atoms with Crippen molar-refractivity contribution in [1.82, 2.24) is 10.2 Å². The van der Waals surface area contributed by atoms with E-state index in [0.717, 1.165) is 16.9 Å². The highest BCUT2D eigenvalue weighted by Crippen LogP contribution is 2.18. The lowest BCUT2D eigenvalue weighted by atomic mass is 10.1. The second-order valence-electron chi connectivity index (χ2n) is 4.85. The van der Waals surface area contributed by atoms with E-state index in [0.29, 0.717) is 12.0 Å². The lowest BCUT2D eigenvalue weighted by Gasteiger charge is -2.14. The molecule has 1 fully saturated rings. The summed E-state index contributed by atoms with van der Waals surface area (Å²) in [6, 6.07) is 3.52. The van der Waals surface area contributed by atoms with Crippen molar-refractivity contribution < 1.29 is 14.0 Å². The van der Waals surface area contributed by atoms with Crippen LogP contribution >= 0.6 is 0 Å². The molecule has 3 N–H and O–H groups in total. The van der Waals surface area contributed by atoms with Gasteiger partial charge in [-0.3, -0.25) is 9.69 Å². The minimum absolute atomic E-state index is 0.0649. The maximum Gasteiger partial charge on any atom is 0.325 e. The van der Waals surface area contributed by atoms with Crippen LogP contribution in [0.15, 0.2) is 18.2 Å². The fourth-order valence-corrected chi connectivity index (χ4v) is 2.26. The molecule has 0 radical (unpaired) electrons. The zero-order chi connectivity index (χ0) is 14.7. The van der Waals surface area contributed by atoms with Gasteiger partial charge >= 0.3 is 6.03 Å². The van der Waals surface area contributed by atoms with Crippen LogP contribution in [0.1, 0.15) is 30.9 Å². The molecule has 3 amide bonds. The van der Waals surface area contributed by atoms with Gasteiger partial charge in [-0.05, 0) is 24.1 Å². The van der Waals surface area contributed by atoms with Crippen molar-refractivity contribution in [3.8, 4) is 0 Å². The van der Waals surface area contributed by atoms with Crippen molar-refractivity contribution in [1.29, 1.82) is 0 Å². The topological polar surface area (TPSA) is 75.4 Å². The molecule has 1 aliphatic rings. The van der Waals surface area contributed by atoms with Gasteiger partial charge in [0.25, 0.3) is 5.91 Å². The molecule has 1 atom stereocenters. The molecule has 0 aromatic heterocycles. The quantitative estimate of drug-likeness (QED) is 0.802. The number of halogens is 1. The van der Waals surface area contributed by atoms with E-state index in [-0.39, 0.29) is 19.0 Å². The molecule has 1 heterocycles. The van der Waals surface area contributed by atoms with Gasteiger partial charge in [0.2, 0.25) is 0 Å². The summed E-state index contributed by atoms with van der Waals surface area (Å²) in [5.41, 5.74) is 6.57. The number of amides is 3. The van der Waals surface area contributed by atoms with E-state index in [4.69, 9.17) is 5.73 Å². The van der Waals surface area contributed by atoms with Crippen molar-refractivity contribution in [2.45, 2.75) is 38.9 Å². The fraction of sp³-hybridized carbons (Fsp3) is 0.429. The second-order valence-corrected chi connectivity index (χ2v) is 4.85. The van der Waals surface area contributed by atoms with Crippen LogP contribution in [0.5, 0.6) is 0 Å². The van der Waals surface area contributed by atoms with Crippen LogP contribution in [-0.2, 0) is 17.9 Å². The van der Waals surface area contributed by atoms with Gasteiger partial charge in [-0.2, -0.15) is 0 Å². The van der Waals surface area contributed by atoms with E-state index in [1.807, 2.05) is 6.92 Å². The molecule has 1 aromatic carbocycles. The zero-order valence-corrected chi connectivity index (χ0v) is 11.4. The first-order valence-corrected chi connectivity index (χ1v) is 6.66. The summed E-state index contributed by atoms with van der Waals surface area (Å²) in [5, 5.41) is 2.61. The normalized spacial score (nSPS) is 18.6. The molecular formula is C14H18FN3O2. The van der Waals surface area contributed by atoms with Gasteiger partial charge in [0, 0.05) is 12.1 Å². The average molecular weight is 279 g/mol. The van der Waals surface area contributed by atoms with Crippen molar-refractivity contribution in [2.24, 2.45) is 5.73 Å². The highest BCUT2D eigenvalue weighted by Gasteiger charge is 2.37. The van der Waals surface area contributed by atoms with Crippen LogP contribution in [0.25, 0.3) is 0 Å². The molecule has 6 heteroatoms. The van der Waals surface area contributed by atoms with Gasteiger partial charge in [-0.15, -0.1) is 0 Å². The minimum atomic E-state index is -0.492. The van der Waals surface area contributed by atoms with Crippen LogP contribution in [0.2, 0.25) is 0 Å². The first kappa shape index (κ1) is 14.5. The predicted molar refractivity (Wildman–Crippen MR) is 72.1 cm³/mol. The van der Waals surface area contributed by atoms with Crippen LogP contribution in [-0.4, -0.2) is 22.9 Å². The molecule has 0 spiro atoms. The van der Waals surface area contributed by atoms with Crippen LogP contribution in [0.3, 0.4) is 0 Å². The number of benzene rings is 1. The predicted octanol–water partition coefficient (Wildman–Crippen LogP) is 1.50. The number of nitrogens with one attached hydrogen (secondary N) is 1. The number of rotatable bonds is 5. The number of hydrogen-bond donors (Lipinski definition) is 2. The summed E-state index contributed by atoms with van der Waals surface area (Å²) in [6.07, 6.45) is 1.38. The maximum absolute atomic E-state index is 13.7. The maximum atomic E-state index is 13.7. The molecule has 1 saturated heterocycles. The highest BCUT2D eigenvalue weighted by molar-refractivity contribution is 6.04. The molecule has 1 aliphatic heterocycles. The van der Waals surface area contributed by atoms with E-state index in [2.05, 4.69) is 5.32 Å². The first-order valence-electron chi connectivity index (χ1n) is 6.66. The van der Waals surface area contributed by atoms with Crippen molar-refractivity contribution >= 4 is 11.9 Å². The number of carbonyl (C=O) groups is 2. The monoisotopic (exact) mass is 279 g/mol. The average Bonchev–Trinajstić information content (AvgIpc) is 2.69. The Morgan fingerprint density at radius 1 is 1.40 bits per heavy atom. The number of hydrogen-bond acceptors (Lipinski definition) is 3. The third kappa shape index (κ3) is 2.80. The minimum Gasteiger partial charge on any atom is -0.326 e. The molecule has 108 valence electrons. The summed E-state index contributed by atoms with van der Waals surface area (Å²) < 4.78 is 13.7. The smallest absolute Gasteiger partial charge is 0.325 e. The number of nitrogens with zero attached hydrogens (tertiary/aromatic N) is 1. The number of carbonyl (C=O) groups excluding carboxylic acids is 2. The van der Waals surface area contributed by atoms with Gasteiger partial charge in [-0.1, -0.05) is 19.4 Å². The van der Waals surface area contributed by atoms with E-state index in [9.17, 15) is 14.0 Å². The Balaban J connectivity index is 2.17. The Labute approximate surface area is 116 Å². The summed E-state index contributed by atoms with van der Waals surface area (Å²) in [5.74, 6) is -0.740. The molecule has 0 saturated carbocycles. The largest absolute Gasteiger partial charge is 0.326 e. The van der Waals surface area contributed by atoms with Crippen molar-refractivity contribution in [3.05, 3.63) is 35.1 Å². The van der Waals surface area contributed by atoms with E-state index in [1.165, 1.54) is 6.07 Å². The zero-order valence-electron chi connectivity index (χ0n) is 11.4. The molecule has 20 heavy (non-hydrogen) atoms. The second kappa shape index (κ2) is 6.00. The number of urea groups is 1. The summed E-state index contributed by atoms with van der Waals surface area (Å²) in [7, 11) is 0. The lowest BCUT2D eigenvalue weighted by molar-refractivity contribution is -0.128. The third-order valence-electron chi connectivity index (χ3n) is 3.36. The van der Waals surface area contributed by atoms with E-state index >= 15 is 0 Å². The molecule has 5 nitrogen and oxygen atoms in total. The summed E-state index contributed by atoms with van der Waals surface area (Å²) in [4.78, 5) is 24.9. The van der Waals surface area contributed by atoms with Gasteiger partial charge < -0.3 is 11.1 Å². The van der Waals surface area contributed by atoms with Crippen molar-refractivity contribution in [2.75, 3.05) is 0 Å². The van der Waals surface area contributed by atoms with E-state index in [1.54, 1.807) is 12.1 Å². The van der Waals surface area contributed by atoms with E-state index < -0.39 is 17.9 Å². The highest BCUT2D eigenvalue weighted by atomic mass is 19.1. The molecular weight excluding hydrogens is 261 g/mol. The standard InChI is InChI=1S/C14H18FN3O2/c1-2-3-12-13(19)18(14(20)17-12)8-10-6-9(7-16)4-5-11(10)15/h4-6,12H,2-3,7-8,16H2,1H3,(H,17,20). The third-order valence-corrected chi connectivity index (χ3v) is 3.36. The first-order chi connectivity index (χ1) is 9.56. The molecule has 2 rings (SSSR count). The molecule has 0 bridgehead atoms. The van der Waals surface area contributed by atoms with Crippen LogP contribution in [0, 0.1) is 5.82 Å². The lowest BCUT2D eigenvalue weighted by Crippen LogP contribution is -2.31. The van der Waals surface area contributed by atoms with Gasteiger partial charge in [0.15, 0.2) is 0 Å². The SMILES string of the molecule is CCCC1NC(=O)N(Cc2cc(CN)ccc2F)C1=O. The Kier molecular flexibility index (Phi) is 4.34. The summed E-state index contributed by atoms with van der Waals surface area (Å²) in [6.45, 7) is 2.16. The molecule has 1 unspecified atom stereocenters. The number of nitrogens with two attached hydrogens (primary N) is 1.